The Kier molecular flexibility index (Phi) is 6.60. The molecule has 2 N–H and O–H groups in total. The smallest absolute Gasteiger partial charge is 0.230 e. The monoisotopic (exact) mass is 268 g/mol. The van der Waals surface area contributed by atoms with Gasteiger partial charge in [0.1, 0.15) is 5.75 Å². The fraction of sp³-hybridized carbons (Fsp3) is 0.462. The molecule has 1 unspecified atom stereocenters. The van der Waals surface area contributed by atoms with Crippen LogP contribution in [0.1, 0.15) is 6.92 Å². The van der Waals surface area contributed by atoms with Gasteiger partial charge < -0.3 is 15.4 Å². The quantitative estimate of drug-likeness (QED) is 0.736. The normalized spacial score (nSPS) is 11.9. The van der Waals surface area contributed by atoms with Gasteiger partial charge in [0, 0.05) is 17.5 Å². The number of ether oxygens (including phenoxy) is 1. The zero-order valence-corrected chi connectivity index (χ0v) is 11.8. The summed E-state index contributed by atoms with van der Waals surface area (Å²) in [7, 11) is 3.52. The molecule has 1 aromatic carbocycles. The number of carbonyl (C=O) groups excluding carboxylic acids is 1. The van der Waals surface area contributed by atoms with Gasteiger partial charge in [0.2, 0.25) is 5.91 Å². The van der Waals surface area contributed by atoms with Crippen LogP contribution in [0.3, 0.4) is 0 Å². The van der Waals surface area contributed by atoms with Crippen molar-refractivity contribution >= 4 is 17.7 Å². The first kappa shape index (κ1) is 14.9. The molecule has 0 saturated carbocycles. The van der Waals surface area contributed by atoms with Crippen LogP contribution in [0.5, 0.6) is 5.75 Å². The Morgan fingerprint density at radius 1 is 1.39 bits per heavy atom. The number of hydrogen-bond donors (Lipinski definition) is 2. The Balaban J connectivity index is 2.29. The molecule has 1 atom stereocenters. The van der Waals surface area contributed by atoms with E-state index in [2.05, 4.69) is 10.6 Å². The highest BCUT2D eigenvalue weighted by Gasteiger charge is 2.04. The highest BCUT2D eigenvalue weighted by atomic mass is 32.2. The van der Waals surface area contributed by atoms with Crippen LogP contribution in [0.15, 0.2) is 29.2 Å². The number of hydrogen-bond acceptors (Lipinski definition) is 4. The van der Waals surface area contributed by atoms with Crippen LogP contribution in [-0.2, 0) is 4.79 Å². The molecule has 0 aliphatic rings. The van der Waals surface area contributed by atoms with E-state index in [1.54, 1.807) is 7.11 Å². The molecule has 0 spiro atoms. The molecule has 0 aliphatic carbocycles. The van der Waals surface area contributed by atoms with Crippen LogP contribution >= 0.6 is 11.8 Å². The van der Waals surface area contributed by atoms with E-state index >= 15 is 0 Å². The molecular weight excluding hydrogens is 248 g/mol. The highest BCUT2D eigenvalue weighted by molar-refractivity contribution is 8.00. The van der Waals surface area contributed by atoms with Gasteiger partial charge in [-0.2, -0.15) is 0 Å². The largest absolute Gasteiger partial charge is 0.497 e. The van der Waals surface area contributed by atoms with Gasteiger partial charge >= 0.3 is 0 Å². The van der Waals surface area contributed by atoms with Gasteiger partial charge in [0.25, 0.3) is 0 Å². The number of benzene rings is 1. The lowest BCUT2D eigenvalue weighted by Gasteiger charge is -2.11. The Morgan fingerprint density at radius 3 is 2.61 bits per heavy atom. The third-order valence-electron chi connectivity index (χ3n) is 2.53. The van der Waals surface area contributed by atoms with E-state index in [1.165, 1.54) is 11.8 Å². The molecule has 1 rings (SSSR count). The van der Waals surface area contributed by atoms with Crippen molar-refractivity contribution in [1.82, 2.24) is 10.6 Å². The lowest BCUT2D eigenvalue weighted by molar-refractivity contribution is -0.118. The summed E-state index contributed by atoms with van der Waals surface area (Å²) in [4.78, 5) is 12.6. The van der Waals surface area contributed by atoms with Gasteiger partial charge in [-0.05, 0) is 38.2 Å². The maximum atomic E-state index is 11.6. The number of thioether (sulfide) groups is 1. The van der Waals surface area contributed by atoms with Crippen LogP contribution < -0.4 is 15.4 Å². The van der Waals surface area contributed by atoms with Crippen molar-refractivity contribution in [1.29, 1.82) is 0 Å². The number of likely N-dealkylation sites (N-methyl/N-ethyl adjacent to an activating group) is 1. The zero-order valence-electron chi connectivity index (χ0n) is 11.0. The summed E-state index contributed by atoms with van der Waals surface area (Å²) in [6.45, 7) is 2.68. The van der Waals surface area contributed by atoms with E-state index < -0.39 is 0 Å². The fourth-order valence-corrected chi connectivity index (χ4v) is 1.97. The first-order chi connectivity index (χ1) is 8.65. The maximum Gasteiger partial charge on any atom is 0.230 e. The van der Waals surface area contributed by atoms with Crippen molar-refractivity contribution < 1.29 is 9.53 Å². The predicted molar refractivity (Wildman–Crippen MR) is 75.2 cm³/mol. The molecule has 18 heavy (non-hydrogen) atoms. The average molecular weight is 268 g/mol. The number of nitrogens with one attached hydrogen (secondary N) is 2. The van der Waals surface area contributed by atoms with Crippen molar-refractivity contribution in [2.75, 3.05) is 26.5 Å². The molecule has 100 valence electrons. The van der Waals surface area contributed by atoms with Gasteiger partial charge in [-0.3, -0.25) is 4.79 Å². The highest BCUT2D eigenvalue weighted by Crippen LogP contribution is 2.20. The Morgan fingerprint density at radius 2 is 2.06 bits per heavy atom. The molecule has 1 aromatic rings. The van der Waals surface area contributed by atoms with Gasteiger partial charge in [0.05, 0.1) is 12.9 Å². The Hall–Kier alpha value is -1.20. The second-order valence-electron chi connectivity index (χ2n) is 3.96. The summed E-state index contributed by atoms with van der Waals surface area (Å²) in [5.74, 6) is 1.31. The van der Waals surface area contributed by atoms with Crippen LogP contribution in [-0.4, -0.2) is 38.4 Å². The van der Waals surface area contributed by atoms with Gasteiger partial charge in [-0.25, -0.2) is 0 Å². The lowest BCUT2D eigenvalue weighted by Crippen LogP contribution is -2.37. The van der Waals surface area contributed by atoms with E-state index in [4.69, 9.17) is 4.74 Å². The SMILES string of the molecule is CNC(C)CNC(=O)CSc1ccc(OC)cc1. The Bertz CT molecular complexity index is 368. The second-order valence-corrected chi connectivity index (χ2v) is 5.01. The zero-order chi connectivity index (χ0) is 13.4. The molecular formula is C13H20N2O2S. The van der Waals surface area contributed by atoms with Gasteiger partial charge in [-0.15, -0.1) is 11.8 Å². The second kappa shape index (κ2) is 8.00. The standard InChI is InChI=1S/C13H20N2O2S/c1-10(14-2)8-15-13(16)9-18-12-6-4-11(17-3)5-7-12/h4-7,10,14H,8-9H2,1-3H3,(H,15,16). The molecule has 5 heteroatoms. The van der Waals surface area contributed by atoms with Crippen molar-refractivity contribution in [3.05, 3.63) is 24.3 Å². The Labute approximate surface area is 112 Å². The molecule has 0 aromatic heterocycles. The number of rotatable bonds is 7. The number of methoxy groups -OCH3 is 1. The minimum atomic E-state index is 0.0536. The van der Waals surface area contributed by atoms with Crippen molar-refractivity contribution in [3.63, 3.8) is 0 Å². The van der Waals surface area contributed by atoms with Gasteiger partial charge in [0.15, 0.2) is 0 Å². The molecule has 0 bridgehead atoms. The van der Waals surface area contributed by atoms with E-state index in [1.807, 2.05) is 38.2 Å². The van der Waals surface area contributed by atoms with E-state index in [0.29, 0.717) is 18.3 Å². The average Bonchev–Trinajstić information content (AvgIpc) is 2.42. The third kappa shape index (κ3) is 5.42. The maximum absolute atomic E-state index is 11.6. The molecule has 0 saturated heterocycles. The fourth-order valence-electron chi connectivity index (χ4n) is 1.24. The van der Waals surface area contributed by atoms with Crippen LogP contribution in [0, 0.1) is 0 Å². The molecule has 4 nitrogen and oxygen atoms in total. The van der Waals surface area contributed by atoms with Gasteiger partial charge in [-0.1, -0.05) is 0 Å². The van der Waals surface area contributed by atoms with E-state index in [-0.39, 0.29) is 5.91 Å². The topological polar surface area (TPSA) is 50.4 Å². The first-order valence-corrected chi connectivity index (χ1v) is 6.85. The third-order valence-corrected chi connectivity index (χ3v) is 3.54. The lowest BCUT2D eigenvalue weighted by atomic mass is 10.3. The molecule has 0 aliphatic heterocycles. The summed E-state index contributed by atoms with van der Waals surface area (Å²) in [5, 5.41) is 5.95. The van der Waals surface area contributed by atoms with Crippen LogP contribution in [0.2, 0.25) is 0 Å². The minimum absolute atomic E-state index is 0.0536. The van der Waals surface area contributed by atoms with Crippen molar-refractivity contribution in [3.8, 4) is 5.75 Å². The van der Waals surface area contributed by atoms with Crippen LogP contribution in [0.4, 0.5) is 0 Å². The number of amides is 1. The molecule has 0 fully saturated rings. The van der Waals surface area contributed by atoms with Crippen molar-refractivity contribution in [2.24, 2.45) is 0 Å². The summed E-state index contributed by atoms with van der Waals surface area (Å²) >= 11 is 1.52. The minimum Gasteiger partial charge on any atom is -0.497 e. The summed E-state index contributed by atoms with van der Waals surface area (Å²) < 4.78 is 5.08. The molecule has 0 heterocycles. The molecule has 0 radical (unpaired) electrons. The summed E-state index contributed by atoms with van der Waals surface area (Å²) in [6, 6.07) is 7.98. The van der Waals surface area contributed by atoms with E-state index in [0.717, 1.165) is 10.6 Å². The summed E-state index contributed by atoms with van der Waals surface area (Å²) in [5.41, 5.74) is 0. The number of carbonyl (C=O) groups is 1. The first-order valence-electron chi connectivity index (χ1n) is 5.86. The summed E-state index contributed by atoms with van der Waals surface area (Å²) in [6.07, 6.45) is 0. The predicted octanol–water partition coefficient (Wildman–Crippen LogP) is 1.51. The van der Waals surface area contributed by atoms with Crippen molar-refractivity contribution in [2.45, 2.75) is 17.9 Å². The van der Waals surface area contributed by atoms with E-state index in [9.17, 15) is 4.79 Å². The van der Waals surface area contributed by atoms with Crippen LogP contribution in [0.25, 0.3) is 0 Å². The molecule has 1 amide bonds.